The van der Waals surface area contributed by atoms with Crippen LogP contribution in [0.3, 0.4) is 0 Å². The second-order valence-electron chi connectivity index (χ2n) is 2.60. The van der Waals surface area contributed by atoms with Gasteiger partial charge in [0.2, 0.25) is 0 Å². The first-order valence-electron chi connectivity index (χ1n) is 4.10. The largest absolute Gasteiger partial charge is 0.385 e. The van der Waals surface area contributed by atoms with E-state index in [4.69, 9.17) is 15.8 Å². The maximum absolute atomic E-state index is 9.81. The van der Waals surface area contributed by atoms with Crippen molar-refractivity contribution in [1.29, 1.82) is 0 Å². The van der Waals surface area contributed by atoms with Gasteiger partial charge in [-0.2, -0.15) is 4.21 Å². The molecule has 2 aromatic rings. The molecule has 2 rings (SSSR count). The number of aromatic nitrogens is 2. The van der Waals surface area contributed by atoms with Crippen LogP contribution in [0, 0.1) is 0 Å². The van der Waals surface area contributed by atoms with Gasteiger partial charge in [0.05, 0.1) is 5.02 Å². The van der Waals surface area contributed by atoms with Gasteiger partial charge >= 0.3 is 11.6 Å². The third-order valence-electron chi connectivity index (χ3n) is 1.63. The molecular weight excluding hydrogens is 258 g/mol. The normalized spacial score (nSPS) is 9.75. The summed E-state index contributed by atoms with van der Waals surface area (Å²) in [4.78, 5) is 7.11. The highest BCUT2D eigenvalue weighted by atomic mass is 35.5. The molecule has 0 aliphatic heterocycles. The highest BCUT2D eigenvalue weighted by molar-refractivity contribution is 7.74. The Bertz CT molecular complexity index is 460. The molecule has 0 atom stereocenters. The lowest BCUT2D eigenvalue weighted by molar-refractivity contribution is 0.602. The average molecular weight is 265 g/mol. The summed E-state index contributed by atoms with van der Waals surface area (Å²) >= 11 is 2.34. The lowest BCUT2D eigenvalue weighted by Gasteiger charge is -1.97. The maximum Gasteiger partial charge on any atom is 0.385 e. The molecule has 0 bridgehead atoms. The molecule has 7 heteroatoms. The molecule has 0 aliphatic carbocycles. The van der Waals surface area contributed by atoms with Crippen LogP contribution in [-0.2, 0) is 11.6 Å². The Morgan fingerprint density at radius 3 is 2.44 bits per heavy atom. The van der Waals surface area contributed by atoms with Crippen LogP contribution >= 0.6 is 11.6 Å². The molecular formula is C9H7ClF2N2OS. The second-order valence-corrected chi connectivity index (χ2v) is 3.38. The van der Waals surface area contributed by atoms with Gasteiger partial charge in [0, 0.05) is 18.0 Å². The van der Waals surface area contributed by atoms with Gasteiger partial charge in [0.1, 0.15) is 5.82 Å². The summed E-state index contributed by atoms with van der Waals surface area (Å²) in [5.74, 6) is 0.806. The predicted octanol–water partition coefficient (Wildman–Crippen LogP) is 3.23. The summed E-state index contributed by atoms with van der Waals surface area (Å²) < 4.78 is 27.8. The van der Waals surface area contributed by atoms with Crippen LogP contribution in [0.2, 0.25) is 5.02 Å². The molecule has 0 saturated heterocycles. The fraction of sp³-hybridized carbons (Fsp3) is 0. The zero-order chi connectivity index (χ0) is 12.0. The van der Waals surface area contributed by atoms with Crippen LogP contribution in [0.15, 0.2) is 36.7 Å². The van der Waals surface area contributed by atoms with Crippen molar-refractivity contribution in [2.45, 2.75) is 0 Å². The Hall–Kier alpha value is -1.27. The number of rotatable bonds is 1. The van der Waals surface area contributed by atoms with Gasteiger partial charge in [-0.15, -0.1) is 0 Å². The first kappa shape index (κ1) is 12.8. The smallest absolute Gasteiger partial charge is 0.345 e. The van der Waals surface area contributed by atoms with Crippen molar-refractivity contribution in [3.63, 3.8) is 0 Å². The molecule has 0 unspecified atom stereocenters. The van der Waals surface area contributed by atoms with Crippen molar-refractivity contribution in [3.8, 4) is 11.4 Å². The van der Waals surface area contributed by atoms with Crippen molar-refractivity contribution in [1.82, 2.24) is 9.97 Å². The zero-order valence-corrected chi connectivity index (χ0v) is 9.43. The molecule has 1 heterocycles. The zero-order valence-electron chi connectivity index (χ0n) is 7.86. The second kappa shape index (κ2) is 6.34. The molecule has 0 fully saturated rings. The first-order valence-corrected chi connectivity index (χ1v) is 5.42. The number of benzene rings is 1. The highest BCUT2D eigenvalue weighted by Gasteiger charge is 2.02. The SMILES string of the molecule is Clc1ccccc1-c1ncc[nH]1.O=S(F)F. The third-order valence-corrected chi connectivity index (χ3v) is 1.96. The van der Waals surface area contributed by atoms with Gasteiger partial charge in [-0.05, 0) is 12.1 Å². The number of hydrogen-bond donors (Lipinski definition) is 1. The average Bonchev–Trinajstić information content (AvgIpc) is 2.70. The Morgan fingerprint density at radius 2 is 1.94 bits per heavy atom. The fourth-order valence-electron chi connectivity index (χ4n) is 1.07. The Morgan fingerprint density at radius 1 is 1.31 bits per heavy atom. The number of nitrogens with zero attached hydrogens (tertiary/aromatic N) is 1. The van der Waals surface area contributed by atoms with Gasteiger partial charge in [-0.3, -0.25) is 0 Å². The van der Waals surface area contributed by atoms with E-state index in [1.165, 1.54) is 0 Å². The minimum Gasteiger partial charge on any atom is -0.345 e. The van der Waals surface area contributed by atoms with E-state index in [9.17, 15) is 7.77 Å². The van der Waals surface area contributed by atoms with E-state index in [1.807, 2.05) is 24.3 Å². The minimum atomic E-state index is -3.61. The highest BCUT2D eigenvalue weighted by Crippen LogP contribution is 2.23. The predicted molar refractivity (Wildman–Crippen MR) is 59.4 cm³/mol. The standard InChI is InChI=1S/C9H7ClN2.F2OS/c10-8-4-2-1-3-7(8)9-11-5-6-12-9;1-4(2)3/h1-6H,(H,11,12);. The number of H-pyrrole nitrogens is 1. The lowest BCUT2D eigenvalue weighted by atomic mass is 10.2. The molecule has 1 N–H and O–H groups in total. The van der Waals surface area contributed by atoms with Crippen LogP contribution in [0.1, 0.15) is 0 Å². The van der Waals surface area contributed by atoms with Crippen molar-refractivity contribution < 1.29 is 12.0 Å². The molecule has 16 heavy (non-hydrogen) atoms. The van der Waals surface area contributed by atoms with E-state index < -0.39 is 11.6 Å². The van der Waals surface area contributed by atoms with E-state index in [2.05, 4.69) is 9.97 Å². The summed E-state index contributed by atoms with van der Waals surface area (Å²) in [6, 6.07) is 7.61. The summed E-state index contributed by atoms with van der Waals surface area (Å²) in [6.45, 7) is 0. The van der Waals surface area contributed by atoms with Gasteiger partial charge in [0.25, 0.3) is 0 Å². The number of imidazole rings is 1. The number of halogens is 3. The van der Waals surface area contributed by atoms with E-state index in [-0.39, 0.29) is 0 Å². The van der Waals surface area contributed by atoms with E-state index >= 15 is 0 Å². The fourth-order valence-corrected chi connectivity index (χ4v) is 1.29. The molecule has 0 aliphatic rings. The Labute approximate surface area is 98.5 Å². The van der Waals surface area contributed by atoms with Gasteiger partial charge in [-0.1, -0.05) is 31.5 Å². The molecule has 1 aromatic heterocycles. The quantitative estimate of drug-likeness (QED) is 0.804. The molecule has 1 aromatic carbocycles. The molecule has 0 saturated carbocycles. The monoisotopic (exact) mass is 264 g/mol. The van der Waals surface area contributed by atoms with Crippen molar-refractivity contribution in [2.75, 3.05) is 0 Å². The Balaban J connectivity index is 0.000000280. The van der Waals surface area contributed by atoms with Crippen LogP contribution in [-0.4, -0.2) is 14.2 Å². The van der Waals surface area contributed by atoms with Gasteiger partial charge in [0.15, 0.2) is 0 Å². The third kappa shape index (κ3) is 4.08. The van der Waals surface area contributed by atoms with Crippen LogP contribution < -0.4 is 0 Å². The minimum absolute atomic E-state index is 0.715. The van der Waals surface area contributed by atoms with Gasteiger partial charge < -0.3 is 4.98 Å². The lowest BCUT2D eigenvalue weighted by Crippen LogP contribution is -1.80. The topological polar surface area (TPSA) is 45.8 Å². The first-order chi connectivity index (χ1) is 7.61. The van der Waals surface area contributed by atoms with E-state index in [0.717, 1.165) is 11.4 Å². The summed E-state index contributed by atoms with van der Waals surface area (Å²) in [6.07, 6.45) is 3.48. The maximum atomic E-state index is 9.81. The number of aromatic amines is 1. The number of nitrogens with one attached hydrogen (secondary N) is 1. The van der Waals surface area contributed by atoms with Crippen LogP contribution in [0.25, 0.3) is 11.4 Å². The Kier molecular flexibility index (Phi) is 5.07. The molecule has 3 nitrogen and oxygen atoms in total. The van der Waals surface area contributed by atoms with E-state index in [1.54, 1.807) is 12.4 Å². The van der Waals surface area contributed by atoms with Crippen molar-refractivity contribution in [2.24, 2.45) is 0 Å². The van der Waals surface area contributed by atoms with E-state index in [0.29, 0.717) is 5.02 Å². The van der Waals surface area contributed by atoms with Gasteiger partial charge in [-0.25, -0.2) is 4.98 Å². The molecule has 0 radical (unpaired) electrons. The molecule has 0 spiro atoms. The molecule has 86 valence electrons. The number of hydrogen-bond acceptors (Lipinski definition) is 2. The van der Waals surface area contributed by atoms with Crippen LogP contribution in [0.4, 0.5) is 7.77 Å². The van der Waals surface area contributed by atoms with Crippen molar-refractivity contribution >= 4 is 23.2 Å². The summed E-state index contributed by atoms with van der Waals surface area (Å²) in [5, 5.41) is 0.715. The summed E-state index contributed by atoms with van der Waals surface area (Å²) in [7, 11) is 0. The molecule has 0 amide bonds. The van der Waals surface area contributed by atoms with Crippen LogP contribution in [0.5, 0.6) is 0 Å². The van der Waals surface area contributed by atoms with Crippen molar-refractivity contribution in [3.05, 3.63) is 41.7 Å². The summed E-state index contributed by atoms with van der Waals surface area (Å²) in [5.41, 5.74) is 0.934.